The Morgan fingerprint density at radius 3 is 0.939 bits per heavy atom. The van der Waals surface area contributed by atoms with Crippen LogP contribution in [0.4, 0.5) is 18.0 Å². The van der Waals surface area contributed by atoms with E-state index in [0.717, 1.165) is 32.1 Å². The van der Waals surface area contributed by atoms with Crippen molar-refractivity contribution < 1.29 is 137 Å². The lowest BCUT2D eigenvalue weighted by atomic mass is 9.91. The van der Waals surface area contributed by atoms with Gasteiger partial charge in [-0.2, -0.15) is 13.2 Å². The zero-order chi connectivity index (χ0) is 106. The lowest BCUT2D eigenvalue weighted by molar-refractivity contribution is -0.282. The van der Waals surface area contributed by atoms with E-state index in [1.54, 1.807) is 201 Å². The summed E-state index contributed by atoms with van der Waals surface area (Å²) in [7, 11) is 0. The van der Waals surface area contributed by atoms with E-state index >= 15 is 0 Å². The minimum Gasteiger partial charge on any atom is -0.459 e. The molecule has 8 rings (SSSR count). The molecule has 0 saturated carbocycles. The van der Waals surface area contributed by atoms with Crippen LogP contribution in [0.15, 0.2) is 182 Å². The Bertz CT molecular complexity index is 4480. The molecule has 0 bridgehead atoms. The second kappa shape index (κ2) is 78.9. The van der Waals surface area contributed by atoms with Crippen LogP contribution in [0, 0.1) is 11.8 Å². The number of alkyl carbamates (subject to hydrolysis) is 1. The molecule has 6 aromatic rings. The van der Waals surface area contributed by atoms with Crippen molar-refractivity contribution in [2.24, 2.45) is 11.8 Å². The predicted octanol–water partition coefficient (Wildman–Crippen LogP) is 22.4. The molecule has 6 aromatic carbocycles. The summed E-state index contributed by atoms with van der Waals surface area (Å²) in [5.74, 6) is -7.46. The van der Waals surface area contributed by atoms with Crippen LogP contribution in [0.5, 0.6) is 0 Å². The highest BCUT2D eigenvalue weighted by molar-refractivity contribution is 5.92. The maximum Gasteiger partial charge on any atom is 0.471 e. The topological polar surface area (TPSA) is 347 Å². The van der Waals surface area contributed by atoms with E-state index in [-0.39, 0.29) is 120 Å². The third kappa shape index (κ3) is 54.5. The van der Waals surface area contributed by atoms with Crippen LogP contribution < -0.4 is 16.0 Å². The highest BCUT2D eigenvalue weighted by atomic mass is 19.4. The first kappa shape index (κ1) is 125. The highest BCUT2D eigenvalue weighted by Crippen LogP contribution is 2.36. The van der Waals surface area contributed by atoms with E-state index in [1.807, 2.05) is 0 Å². The zero-order valence-electron chi connectivity index (χ0n) is 87.8. The summed E-state index contributed by atoms with van der Waals surface area (Å²) in [5.41, 5.74) is 1.67. The third-order valence-corrected chi connectivity index (χ3v) is 25.3. The van der Waals surface area contributed by atoms with Gasteiger partial charge in [-0.15, -0.1) is 0 Å². The van der Waals surface area contributed by atoms with Crippen LogP contribution in [0.1, 0.15) is 321 Å². The first-order valence-corrected chi connectivity index (χ1v) is 54.3. The molecule has 2 aliphatic heterocycles. The van der Waals surface area contributed by atoms with Gasteiger partial charge in [0.05, 0.1) is 106 Å². The molecule has 32 heteroatoms. The van der Waals surface area contributed by atoms with Gasteiger partial charge in [0, 0.05) is 51.1 Å². The molecule has 3 N–H and O–H groups in total. The fraction of sp³-hybridized carbons (Fsp3) is 0.612. The number of hydrogen-bond donors (Lipinski definition) is 3. The standard InChI is InChI=1S/C80H128N2O15.C36H38F3NO11/c1-4-6-8-10-12-14-16-18-20-22-24-26-28-30-32-46-57-90-64-71(91-58-47-33-31-29-27-25-23-21-19-17-15-13-11-9-7-5-2)65-94-80(87)82-55-45-37-44-54-73(83)81-56-59-88-60-61-89-62-63-92-79-67(3)74(96-77(85)69-50-40-35-41-51-69)75(97-78(86)70-52-42-36-43-53-70)72(95-79)66-93-76(84)68-48-38-34-39-49-68;1-24-29(50-32(42)26-13-7-3-8-14-26)30(51-33(43)27-15-9-4-10-16-27)28(23-48-31(41)25-11-5-2-6-12-25)49-34(24)47-22-21-46-20-19-45-18-17-40-35(44)36(37,38)39/h34-36,38-43,48-53,67,71-72,74-75,79H,4-33,37,44-47,54-66H2,1-3H3,(H,81,83)(H,82,87);2-16,24,28-30,34H,17-23H2,1H3,(H,40,44)/t67?,71-,72?,74+,75+,79-;24?,28?,29-,30-,34+/m01/s1. The summed E-state index contributed by atoms with van der Waals surface area (Å²) in [6, 6.07) is 50.0. The number of halogens is 3. The van der Waals surface area contributed by atoms with E-state index in [4.69, 9.17) is 80.5 Å². The number of ether oxygens (including phenoxy) is 17. The van der Waals surface area contributed by atoms with Crippen LogP contribution in [-0.2, 0) is 90.1 Å². The Labute approximate surface area is 874 Å². The number of rotatable bonds is 79. The van der Waals surface area contributed by atoms with Crippen molar-refractivity contribution in [2.45, 2.75) is 320 Å². The van der Waals surface area contributed by atoms with Gasteiger partial charge < -0.3 is 96.5 Å². The van der Waals surface area contributed by atoms with Crippen LogP contribution in [0.2, 0.25) is 0 Å². The van der Waals surface area contributed by atoms with Crippen molar-refractivity contribution in [3.63, 3.8) is 0 Å². The molecule has 0 spiro atoms. The highest BCUT2D eigenvalue weighted by Gasteiger charge is 2.52. The molecule has 2 fully saturated rings. The Kier molecular flexibility index (Phi) is 66.4. The summed E-state index contributed by atoms with van der Waals surface area (Å²) in [5, 5.41) is 7.46. The van der Waals surface area contributed by atoms with Crippen molar-refractivity contribution in [1.82, 2.24) is 16.0 Å². The normalized spacial score (nSPS) is 17.7. The number of carbonyl (C=O) groups is 9. The summed E-state index contributed by atoms with van der Waals surface area (Å²) in [4.78, 5) is 116. The average molecular weight is 2080 g/mol. The molecule has 0 aliphatic carbocycles. The fourth-order valence-corrected chi connectivity index (χ4v) is 16.8. The molecular weight excluding hydrogens is 1910 g/mol. The maximum absolute atomic E-state index is 13.6. The van der Waals surface area contributed by atoms with Gasteiger partial charge in [-0.1, -0.05) is 336 Å². The van der Waals surface area contributed by atoms with E-state index in [1.165, 1.54) is 186 Å². The van der Waals surface area contributed by atoms with Gasteiger partial charge in [0.25, 0.3) is 0 Å². The summed E-state index contributed by atoms with van der Waals surface area (Å²) >= 11 is 0. The summed E-state index contributed by atoms with van der Waals surface area (Å²) < 4.78 is 137. The first-order valence-electron chi connectivity index (χ1n) is 54.3. The molecule has 822 valence electrons. The largest absolute Gasteiger partial charge is 0.471 e. The van der Waals surface area contributed by atoms with Crippen molar-refractivity contribution >= 4 is 53.7 Å². The van der Waals surface area contributed by atoms with Crippen LogP contribution in [-0.4, -0.2) is 241 Å². The number of carbonyl (C=O) groups excluding carboxylic acids is 9. The van der Waals surface area contributed by atoms with Gasteiger partial charge in [-0.25, -0.2) is 33.6 Å². The number of nitrogens with one attached hydrogen (secondary N) is 3. The van der Waals surface area contributed by atoms with Crippen molar-refractivity contribution in [3.05, 3.63) is 215 Å². The summed E-state index contributed by atoms with van der Waals surface area (Å²) in [6.07, 6.45) is 30.4. The number of hydrogen-bond acceptors (Lipinski definition) is 26. The second-order valence-corrected chi connectivity index (χ2v) is 37.5. The Balaban J connectivity index is 0.000000485. The quantitative estimate of drug-likeness (QED) is 0.0181. The number of amides is 3. The molecule has 148 heavy (non-hydrogen) atoms. The summed E-state index contributed by atoms with van der Waals surface area (Å²) in [6.45, 7) is 10.7. The van der Waals surface area contributed by atoms with Crippen LogP contribution >= 0.6 is 0 Å². The minimum absolute atomic E-state index is 0.0129. The van der Waals surface area contributed by atoms with Crippen molar-refractivity contribution in [3.8, 4) is 0 Å². The van der Waals surface area contributed by atoms with Crippen LogP contribution in [0.3, 0.4) is 0 Å². The van der Waals surface area contributed by atoms with Gasteiger partial charge in [0.1, 0.15) is 50.3 Å². The van der Waals surface area contributed by atoms with Gasteiger partial charge in [0.15, 0.2) is 24.8 Å². The van der Waals surface area contributed by atoms with E-state index < -0.39 is 115 Å². The lowest BCUT2D eigenvalue weighted by Crippen LogP contribution is -2.58. The van der Waals surface area contributed by atoms with E-state index in [9.17, 15) is 56.3 Å². The van der Waals surface area contributed by atoms with E-state index in [0.29, 0.717) is 63.5 Å². The van der Waals surface area contributed by atoms with E-state index in [2.05, 4.69) is 24.5 Å². The molecule has 0 radical (unpaired) electrons. The predicted molar refractivity (Wildman–Crippen MR) is 556 cm³/mol. The Morgan fingerprint density at radius 2 is 0.595 bits per heavy atom. The fourth-order valence-electron chi connectivity index (χ4n) is 16.8. The molecule has 29 nitrogen and oxygen atoms in total. The van der Waals surface area contributed by atoms with Crippen molar-refractivity contribution in [2.75, 3.05) is 125 Å². The van der Waals surface area contributed by atoms with Gasteiger partial charge in [-0.3, -0.25) is 9.59 Å². The second-order valence-electron chi connectivity index (χ2n) is 37.5. The number of benzene rings is 6. The Morgan fingerprint density at radius 1 is 0.297 bits per heavy atom. The minimum atomic E-state index is -4.97. The zero-order valence-corrected chi connectivity index (χ0v) is 87.8. The molecule has 4 unspecified atom stereocenters. The number of alkyl halides is 3. The molecule has 11 atom stereocenters. The lowest BCUT2D eigenvalue weighted by Gasteiger charge is -2.44. The van der Waals surface area contributed by atoms with Crippen molar-refractivity contribution in [1.29, 1.82) is 0 Å². The molecule has 0 aromatic heterocycles. The third-order valence-electron chi connectivity index (χ3n) is 25.3. The SMILES string of the molecule is CC1[C@@H](OCCOCCOCCNC(=O)C(F)(F)F)OC(COC(=O)c2ccccc2)[C@@H](OC(=O)c2ccccc2)[C@@H]1OC(=O)c1ccccc1.CCCCCCCCCCCCCCCCCCOC[C@@H](COC(=O)NCCCCCC(=O)NCCOCCOCCO[C@H]1OC(COC(=O)c2ccccc2)[C@@H](OC(=O)c2ccccc2)[C@H](OC(=O)c2ccccc2)C1C)OCCCCCCCCCCCCCCCCCC. The molecular formula is C116H166F3N3O26. The van der Waals surface area contributed by atoms with Gasteiger partial charge in [0.2, 0.25) is 5.91 Å². The van der Waals surface area contributed by atoms with Crippen LogP contribution in [0.25, 0.3) is 0 Å². The Hall–Kier alpha value is -10.3. The molecule has 2 heterocycles. The molecule has 3 amide bonds. The average Bonchev–Trinajstić information content (AvgIpc) is 0.788. The monoisotopic (exact) mass is 2070 g/mol. The van der Waals surface area contributed by atoms with Gasteiger partial charge >= 0.3 is 54.0 Å². The molecule has 2 saturated heterocycles. The van der Waals surface area contributed by atoms with Gasteiger partial charge in [-0.05, 0) is 98.5 Å². The number of unbranched alkanes of at least 4 members (excludes halogenated alkanes) is 32. The maximum atomic E-state index is 13.6. The first-order chi connectivity index (χ1) is 72.2. The number of esters is 6. The molecule has 2 aliphatic rings. The smallest absolute Gasteiger partial charge is 0.459 e.